The molecule has 0 bridgehead atoms. The Morgan fingerprint density at radius 3 is 2.86 bits per heavy atom. The van der Waals surface area contributed by atoms with Crippen molar-refractivity contribution in [3.8, 4) is 0 Å². The predicted octanol–water partition coefficient (Wildman–Crippen LogP) is 3.26. The van der Waals surface area contributed by atoms with Crippen molar-refractivity contribution in [3.63, 3.8) is 0 Å². The summed E-state index contributed by atoms with van der Waals surface area (Å²) in [6, 6.07) is 7.90. The van der Waals surface area contributed by atoms with Gasteiger partial charge in [0, 0.05) is 16.8 Å². The second-order valence-corrected chi connectivity index (χ2v) is 3.40. The van der Waals surface area contributed by atoms with Crippen molar-refractivity contribution < 1.29 is 5.11 Å². The molecule has 0 spiro atoms. The molecular weight excluding hydrogens is 174 g/mol. The fourth-order valence-electron chi connectivity index (χ4n) is 1.56. The topological polar surface area (TPSA) is 36.0 Å². The summed E-state index contributed by atoms with van der Waals surface area (Å²) in [5.41, 5.74) is 3.03. The highest BCUT2D eigenvalue weighted by Crippen LogP contribution is 2.20. The first-order valence-electron chi connectivity index (χ1n) is 4.70. The fraction of sp³-hybridized carbons (Fsp3) is 0.167. The third kappa shape index (κ3) is 1.39. The fourth-order valence-corrected chi connectivity index (χ4v) is 1.56. The SMILES string of the molecule is C=C(O)c1ccc2cc(CC)[nH]c2c1. The van der Waals surface area contributed by atoms with Gasteiger partial charge in [-0.15, -0.1) is 0 Å². The summed E-state index contributed by atoms with van der Waals surface area (Å²) in [6.07, 6.45) is 0.990. The molecule has 2 rings (SSSR count). The van der Waals surface area contributed by atoms with E-state index in [-0.39, 0.29) is 5.76 Å². The Balaban J connectivity index is 2.59. The van der Waals surface area contributed by atoms with Crippen molar-refractivity contribution in [1.29, 1.82) is 0 Å². The van der Waals surface area contributed by atoms with Crippen molar-refractivity contribution in [2.75, 3.05) is 0 Å². The number of hydrogen-bond acceptors (Lipinski definition) is 1. The van der Waals surface area contributed by atoms with Gasteiger partial charge >= 0.3 is 0 Å². The standard InChI is InChI=1S/C12H13NO/c1-3-11-6-10-5-4-9(8(2)14)7-12(10)13-11/h4-7,13-14H,2-3H2,1H3. The van der Waals surface area contributed by atoms with Crippen LogP contribution < -0.4 is 0 Å². The van der Waals surface area contributed by atoms with Gasteiger partial charge in [0.2, 0.25) is 0 Å². The number of rotatable bonds is 2. The van der Waals surface area contributed by atoms with Crippen LogP contribution in [0.1, 0.15) is 18.2 Å². The number of H-pyrrole nitrogens is 1. The molecule has 72 valence electrons. The van der Waals surface area contributed by atoms with Gasteiger partial charge < -0.3 is 10.1 Å². The van der Waals surface area contributed by atoms with Crippen molar-refractivity contribution in [1.82, 2.24) is 4.98 Å². The third-order valence-electron chi connectivity index (χ3n) is 2.39. The number of aromatic amines is 1. The van der Waals surface area contributed by atoms with Crippen molar-refractivity contribution >= 4 is 16.7 Å². The molecule has 0 aliphatic rings. The highest BCUT2D eigenvalue weighted by atomic mass is 16.3. The van der Waals surface area contributed by atoms with Crippen LogP contribution in [0.3, 0.4) is 0 Å². The lowest BCUT2D eigenvalue weighted by Gasteiger charge is -1.97. The molecule has 14 heavy (non-hydrogen) atoms. The zero-order valence-corrected chi connectivity index (χ0v) is 8.17. The Labute approximate surface area is 82.9 Å². The number of nitrogens with one attached hydrogen (secondary N) is 1. The monoisotopic (exact) mass is 187 g/mol. The first kappa shape index (κ1) is 8.88. The van der Waals surface area contributed by atoms with Crippen molar-refractivity contribution in [2.45, 2.75) is 13.3 Å². The number of fused-ring (bicyclic) bond motifs is 1. The minimum Gasteiger partial charge on any atom is -0.508 e. The molecule has 0 aliphatic heterocycles. The maximum absolute atomic E-state index is 9.24. The molecule has 0 atom stereocenters. The smallest absolute Gasteiger partial charge is 0.115 e. The average Bonchev–Trinajstić information content (AvgIpc) is 2.58. The van der Waals surface area contributed by atoms with Gasteiger partial charge in [-0.1, -0.05) is 25.6 Å². The number of aromatic nitrogens is 1. The van der Waals surface area contributed by atoms with Gasteiger partial charge in [-0.25, -0.2) is 0 Å². The van der Waals surface area contributed by atoms with E-state index >= 15 is 0 Å². The highest BCUT2D eigenvalue weighted by molar-refractivity contribution is 5.83. The van der Waals surface area contributed by atoms with E-state index in [1.54, 1.807) is 0 Å². The first-order valence-corrected chi connectivity index (χ1v) is 4.70. The van der Waals surface area contributed by atoms with E-state index in [4.69, 9.17) is 0 Å². The summed E-state index contributed by atoms with van der Waals surface area (Å²) >= 11 is 0. The summed E-state index contributed by atoms with van der Waals surface area (Å²) in [5, 5.41) is 10.4. The van der Waals surface area contributed by atoms with Crippen LogP contribution in [0.2, 0.25) is 0 Å². The van der Waals surface area contributed by atoms with Gasteiger partial charge in [0.1, 0.15) is 5.76 Å². The van der Waals surface area contributed by atoms with E-state index in [1.165, 1.54) is 11.1 Å². The van der Waals surface area contributed by atoms with Crippen molar-refractivity contribution in [3.05, 3.63) is 42.1 Å². The number of aliphatic hydroxyl groups is 1. The lowest BCUT2D eigenvalue weighted by Crippen LogP contribution is -1.80. The molecule has 0 unspecified atom stereocenters. The van der Waals surface area contributed by atoms with Gasteiger partial charge in [-0.3, -0.25) is 0 Å². The molecule has 0 saturated heterocycles. The second kappa shape index (κ2) is 3.22. The van der Waals surface area contributed by atoms with Gasteiger partial charge in [0.05, 0.1) is 0 Å². The average molecular weight is 187 g/mol. The Kier molecular flexibility index (Phi) is 2.04. The Morgan fingerprint density at radius 2 is 2.21 bits per heavy atom. The van der Waals surface area contributed by atoms with Crippen LogP contribution in [0.15, 0.2) is 30.8 Å². The summed E-state index contributed by atoms with van der Waals surface area (Å²) in [5.74, 6) is 0.111. The molecule has 2 nitrogen and oxygen atoms in total. The zero-order valence-electron chi connectivity index (χ0n) is 8.17. The van der Waals surface area contributed by atoms with Crippen LogP contribution in [0.4, 0.5) is 0 Å². The first-order chi connectivity index (χ1) is 6.70. The second-order valence-electron chi connectivity index (χ2n) is 3.40. The summed E-state index contributed by atoms with van der Waals surface area (Å²) < 4.78 is 0. The zero-order chi connectivity index (χ0) is 10.1. The molecule has 0 fully saturated rings. The summed E-state index contributed by atoms with van der Waals surface area (Å²) in [6.45, 7) is 5.61. The van der Waals surface area contributed by atoms with Gasteiger partial charge in [-0.05, 0) is 23.9 Å². The molecule has 2 heteroatoms. The summed E-state index contributed by atoms with van der Waals surface area (Å²) in [4.78, 5) is 3.29. The molecule has 0 amide bonds. The largest absolute Gasteiger partial charge is 0.508 e. The van der Waals surface area contributed by atoms with Crippen molar-refractivity contribution in [2.24, 2.45) is 0 Å². The lowest BCUT2D eigenvalue weighted by atomic mass is 10.1. The summed E-state index contributed by atoms with van der Waals surface area (Å²) in [7, 11) is 0. The third-order valence-corrected chi connectivity index (χ3v) is 2.39. The highest BCUT2D eigenvalue weighted by Gasteiger charge is 2.01. The van der Waals surface area contributed by atoms with Crippen LogP contribution in [0.5, 0.6) is 0 Å². The molecule has 0 radical (unpaired) electrons. The molecule has 2 N–H and O–H groups in total. The molecule has 2 aromatic rings. The van der Waals surface area contributed by atoms with E-state index < -0.39 is 0 Å². The van der Waals surface area contributed by atoms with E-state index in [0.29, 0.717) is 0 Å². The van der Waals surface area contributed by atoms with Gasteiger partial charge in [0.15, 0.2) is 0 Å². The van der Waals surface area contributed by atoms with E-state index in [9.17, 15) is 5.11 Å². The molecular formula is C12H13NO. The van der Waals surface area contributed by atoms with Crippen LogP contribution in [0.25, 0.3) is 16.7 Å². The molecule has 1 aromatic heterocycles. The normalized spacial score (nSPS) is 10.6. The van der Waals surface area contributed by atoms with Crippen LogP contribution in [-0.2, 0) is 6.42 Å². The Morgan fingerprint density at radius 1 is 1.43 bits per heavy atom. The van der Waals surface area contributed by atoms with Crippen LogP contribution >= 0.6 is 0 Å². The number of aliphatic hydroxyl groups excluding tert-OH is 1. The van der Waals surface area contributed by atoms with Crippen LogP contribution in [-0.4, -0.2) is 10.1 Å². The Bertz CT molecular complexity index is 482. The molecule has 1 aromatic carbocycles. The minimum atomic E-state index is 0.111. The maximum Gasteiger partial charge on any atom is 0.115 e. The van der Waals surface area contributed by atoms with E-state index in [2.05, 4.69) is 24.6 Å². The predicted molar refractivity (Wildman–Crippen MR) is 59.3 cm³/mol. The Hall–Kier alpha value is -1.70. The molecule has 0 saturated carbocycles. The number of hydrogen-bond donors (Lipinski definition) is 2. The minimum absolute atomic E-state index is 0.111. The van der Waals surface area contributed by atoms with Gasteiger partial charge in [0.25, 0.3) is 0 Å². The molecule has 0 aliphatic carbocycles. The van der Waals surface area contributed by atoms with E-state index in [1.807, 2.05) is 18.2 Å². The maximum atomic E-state index is 9.24. The van der Waals surface area contributed by atoms with E-state index in [0.717, 1.165) is 17.5 Å². The number of benzene rings is 1. The molecule has 1 heterocycles. The van der Waals surface area contributed by atoms with Gasteiger partial charge in [-0.2, -0.15) is 0 Å². The lowest BCUT2D eigenvalue weighted by molar-refractivity contribution is 0.514. The quantitative estimate of drug-likeness (QED) is 0.695. The number of aryl methyl sites for hydroxylation is 1. The van der Waals surface area contributed by atoms with Crippen LogP contribution in [0, 0.1) is 0 Å².